The maximum atomic E-state index is 12.0. The van der Waals surface area contributed by atoms with E-state index in [1.807, 2.05) is 24.4 Å². The molecule has 0 aliphatic heterocycles. The van der Waals surface area contributed by atoms with E-state index in [0.717, 1.165) is 21.8 Å². The van der Waals surface area contributed by atoms with Crippen LogP contribution in [0.3, 0.4) is 0 Å². The van der Waals surface area contributed by atoms with Crippen LogP contribution in [0.15, 0.2) is 29.6 Å². The molecule has 0 bridgehead atoms. The molecule has 0 spiro atoms. The predicted molar refractivity (Wildman–Crippen MR) is 80.6 cm³/mol. The van der Waals surface area contributed by atoms with Gasteiger partial charge in [0.05, 0.1) is 12.3 Å². The Bertz CT molecular complexity index is 663. The Hall–Kier alpha value is -1.28. The van der Waals surface area contributed by atoms with Gasteiger partial charge in [0.1, 0.15) is 5.01 Å². The first-order chi connectivity index (χ1) is 9.48. The molecule has 0 saturated heterocycles. The fourth-order valence-electron chi connectivity index (χ4n) is 1.70. The second kappa shape index (κ2) is 6.45. The van der Waals surface area contributed by atoms with Gasteiger partial charge < -0.3 is 5.73 Å². The highest BCUT2D eigenvalue weighted by atomic mass is 32.2. The molecule has 2 aromatic rings. The summed E-state index contributed by atoms with van der Waals surface area (Å²) in [5.41, 5.74) is 8.13. The van der Waals surface area contributed by atoms with Crippen molar-refractivity contribution in [1.29, 1.82) is 0 Å². The van der Waals surface area contributed by atoms with E-state index >= 15 is 0 Å². The molecule has 1 heterocycles. The molecule has 7 heteroatoms. The lowest BCUT2D eigenvalue weighted by molar-refractivity contribution is 0.580. The van der Waals surface area contributed by atoms with Crippen LogP contribution in [0.4, 0.5) is 0 Å². The Kier molecular flexibility index (Phi) is 4.87. The fourth-order valence-corrected chi connectivity index (χ4v) is 3.59. The number of sulfonamides is 1. The van der Waals surface area contributed by atoms with E-state index in [1.54, 1.807) is 12.1 Å². The second-order valence-corrected chi connectivity index (χ2v) is 7.23. The third-order valence-corrected chi connectivity index (χ3v) is 4.99. The molecule has 0 atom stereocenters. The molecule has 1 aromatic carbocycles. The first kappa shape index (κ1) is 15.1. The van der Waals surface area contributed by atoms with Gasteiger partial charge in [-0.3, -0.25) is 0 Å². The van der Waals surface area contributed by atoms with Gasteiger partial charge in [-0.25, -0.2) is 18.1 Å². The molecule has 5 nitrogen and oxygen atoms in total. The number of rotatable bonds is 6. The molecule has 0 fully saturated rings. The maximum Gasteiger partial charge on any atom is 0.216 e. The molecule has 0 aliphatic rings. The second-order valence-electron chi connectivity index (χ2n) is 4.48. The summed E-state index contributed by atoms with van der Waals surface area (Å²) in [7, 11) is -3.36. The van der Waals surface area contributed by atoms with Crippen molar-refractivity contribution >= 4 is 21.4 Å². The highest BCUT2D eigenvalue weighted by Crippen LogP contribution is 2.10. The lowest BCUT2D eigenvalue weighted by atomic mass is 10.1. The first-order valence-corrected chi connectivity index (χ1v) is 8.68. The van der Waals surface area contributed by atoms with Crippen molar-refractivity contribution in [2.24, 2.45) is 5.73 Å². The van der Waals surface area contributed by atoms with E-state index in [-0.39, 0.29) is 12.3 Å². The van der Waals surface area contributed by atoms with E-state index in [4.69, 9.17) is 5.73 Å². The Morgan fingerprint density at radius 1 is 1.25 bits per heavy atom. The smallest absolute Gasteiger partial charge is 0.216 e. The summed E-state index contributed by atoms with van der Waals surface area (Å²) in [6.45, 7) is 2.57. The number of benzene rings is 1. The van der Waals surface area contributed by atoms with Crippen LogP contribution in [0.1, 0.15) is 21.8 Å². The van der Waals surface area contributed by atoms with Gasteiger partial charge in [0, 0.05) is 17.6 Å². The topological polar surface area (TPSA) is 85.1 Å². The van der Waals surface area contributed by atoms with Crippen LogP contribution >= 0.6 is 11.3 Å². The Labute approximate surface area is 122 Å². The average Bonchev–Trinajstić information content (AvgIpc) is 2.83. The van der Waals surface area contributed by atoms with Crippen molar-refractivity contribution in [1.82, 2.24) is 9.71 Å². The average molecular weight is 311 g/mol. The largest absolute Gasteiger partial charge is 0.326 e. The van der Waals surface area contributed by atoms with E-state index in [2.05, 4.69) is 9.71 Å². The summed E-state index contributed by atoms with van der Waals surface area (Å²) in [6.07, 6.45) is 0. The molecule has 3 N–H and O–H groups in total. The SMILES string of the molecule is Cc1csc(CNS(=O)(=O)Cc2ccc(CN)cc2)n1. The lowest BCUT2D eigenvalue weighted by Gasteiger charge is -2.06. The molecule has 0 aliphatic carbocycles. The lowest BCUT2D eigenvalue weighted by Crippen LogP contribution is -2.24. The summed E-state index contributed by atoms with van der Waals surface area (Å²) in [5, 5.41) is 2.67. The third-order valence-electron chi connectivity index (χ3n) is 2.73. The minimum Gasteiger partial charge on any atom is -0.326 e. The summed E-state index contributed by atoms with van der Waals surface area (Å²) in [6, 6.07) is 7.26. The summed E-state index contributed by atoms with van der Waals surface area (Å²) in [4.78, 5) is 4.22. The van der Waals surface area contributed by atoms with Crippen molar-refractivity contribution in [3.8, 4) is 0 Å². The van der Waals surface area contributed by atoms with E-state index in [1.165, 1.54) is 11.3 Å². The zero-order chi connectivity index (χ0) is 14.6. The number of thiazole rings is 1. The molecule has 108 valence electrons. The number of aromatic nitrogens is 1. The van der Waals surface area contributed by atoms with Crippen molar-refractivity contribution in [2.45, 2.75) is 25.8 Å². The number of nitrogens with one attached hydrogen (secondary N) is 1. The van der Waals surface area contributed by atoms with Gasteiger partial charge in [-0.05, 0) is 18.1 Å². The molecule has 0 unspecified atom stereocenters. The van der Waals surface area contributed by atoms with Crippen LogP contribution in [0.5, 0.6) is 0 Å². The van der Waals surface area contributed by atoms with E-state index in [9.17, 15) is 8.42 Å². The van der Waals surface area contributed by atoms with Crippen LogP contribution in [0.2, 0.25) is 0 Å². The van der Waals surface area contributed by atoms with Crippen LogP contribution in [0, 0.1) is 6.92 Å². The highest BCUT2D eigenvalue weighted by Gasteiger charge is 2.12. The molecule has 2 rings (SSSR count). The van der Waals surface area contributed by atoms with Crippen molar-refractivity contribution < 1.29 is 8.42 Å². The Morgan fingerprint density at radius 2 is 1.90 bits per heavy atom. The Morgan fingerprint density at radius 3 is 2.45 bits per heavy atom. The van der Waals surface area contributed by atoms with Crippen molar-refractivity contribution in [2.75, 3.05) is 0 Å². The van der Waals surface area contributed by atoms with Crippen LogP contribution in [-0.4, -0.2) is 13.4 Å². The zero-order valence-corrected chi connectivity index (χ0v) is 12.8. The summed E-state index contributed by atoms with van der Waals surface area (Å²) >= 11 is 1.45. The zero-order valence-electron chi connectivity index (χ0n) is 11.2. The summed E-state index contributed by atoms with van der Waals surface area (Å²) in [5.74, 6) is -0.0395. The summed E-state index contributed by atoms with van der Waals surface area (Å²) < 4.78 is 26.5. The normalized spacial score (nSPS) is 11.7. The van der Waals surface area contributed by atoms with Crippen LogP contribution in [-0.2, 0) is 28.9 Å². The van der Waals surface area contributed by atoms with Crippen molar-refractivity contribution in [3.63, 3.8) is 0 Å². The van der Waals surface area contributed by atoms with Crippen molar-refractivity contribution in [3.05, 3.63) is 51.5 Å². The molecule has 1 aromatic heterocycles. The molecular weight excluding hydrogens is 294 g/mol. The van der Waals surface area contributed by atoms with Gasteiger partial charge in [-0.2, -0.15) is 0 Å². The molecule has 20 heavy (non-hydrogen) atoms. The molecule has 0 amide bonds. The predicted octanol–water partition coefficient (Wildman–Crippen LogP) is 1.53. The van der Waals surface area contributed by atoms with Gasteiger partial charge in [0.25, 0.3) is 0 Å². The quantitative estimate of drug-likeness (QED) is 0.847. The number of aryl methyl sites for hydroxylation is 1. The minimum atomic E-state index is -3.36. The van der Waals surface area contributed by atoms with Gasteiger partial charge in [0.2, 0.25) is 10.0 Å². The van der Waals surface area contributed by atoms with Crippen LogP contribution < -0.4 is 10.5 Å². The minimum absolute atomic E-state index is 0.0395. The Balaban J connectivity index is 1.96. The van der Waals surface area contributed by atoms with Gasteiger partial charge in [-0.15, -0.1) is 11.3 Å². The highest BCUT2D eigenvalue weighted by molar-refractivity contribution is 7.88. The first-order valence-electron chi connectivity index (χ1n) is 6.15. The number of nitrogens with two attached hydrogens (primary N) is 1. The standard InChI is InChI=1S/C13H17N3O2S2/c1-10-8-19-13(16-10)7-15-20(17,18)9-12-4-2-11(6-14)3-5-12/h2-5,8,15H,6-7,9,14H2,1H3. The third kappa shape index (κ3) is 4.38. The number of hydrogen-bond donors (Lipinski definition) is 2. The van der Waals surface area contributed by atoms with Gasteiger partial charge in [0.15, 0.2) is 0 Å². The number of hydrogen-bond acceptors (Lipinski definition) is 5. The molecule has 0 radical (unpaired) electrons. The van der Waals surface area contributed by atoms with E-state index < -0.39 is 10.0 Å². The van der Waals surface area contributed by atoms with Crippen LogP contribution in [0.25, 0.3) is 0 Å². The van der Waals surface area contributed by atoms with E-state index in [0.29, 0.717) is 6.54 Å². The monoisotopic (exact) mass is 311 g/mol. The fraction of sp³-hybridized carbons (Fsp3) is 0.308. The van der Waals surface area contributed by atoms with Gasteiger partial charge >= 0.3 is 0 Å². The molecule has 0 saturated carbocycles. The number of nitrogens with zero attached hydrogens (tertiary/aromatic N) is 1. The van der Waals surface area contributed by atoms with Gasteiger partial charge in [-0.1, -0.05) is 24.3 Å². The maximum absolute atomic E-state index is 12.0. The molecular formula is C13H17N3O2S2.